The van der Waals surface area contributed by atoms with Gasteiger partial charge in [0.15, 0.2) is 5.84 Å². The number of benzene rings is 2. The van der Waals surface area contributed by atoms with Crippen LogP contribution < -0.4 is 5.32 Å². The van der Waals surface area contributed by atoms with Gasteiger partial charge in [-0.3, -0.25) is 4.79 Å². The molecule has 0 unspecified atom stereocenters. The summed E-state index contributed by atoms with van der Waals surface area (Å²) in [6.45, 7) is 1.13. The van der Waals surface area contributed by atoms with Crippen LogP contribution in [0.15, 0.2) is 64.0 Å². The average molecular weight is 423 g/mol. The van der Waals surface area contributed by atoms with Crippen molar-refractivity contribution >= 4 is 32.7 Å². The first-order chi connectivity index (χ1) is 14.5. The number of aromatic amines is 1. The van der Waals surface area contributed by atoms with Crippen LogP contribution in [0.5, 0.6) is 0 Å². The number of nitrogens with one attached hydrogen (secondary N) is 2. The Balaban J connectivity index is 1.29. The molecule has 30 heavy (non-hydrogen) atoms. The van der Waals surface area contributed by atoms with Gasteiger partial charge in [-0.05, 0) is 43.0 Å². The van der Waals surface area contributed by atoms with E-state index in [1.54, 1.807) is 24.3 Å². The Hall–Kier alpha value is -3.13. The normalized spacial score (nSPS) is 19.7. The summed E-state index contributed by atoms with van der Waals surface area (Å²) in [6, 6.07) is 14.5. The molecule has 0 spiro atoms. The van der Waals surface area contributed by atoms with E-state index in [2.05, 4.69) is 20.8 Å². The predicted octanol–water partition coefficient (Wildman–Crippen LogP) is 2.44. The third-order valence-electron chi connectivity index (χ3n) is 5.81. The lowest BCUT2D eigenvalue weighted by Crippen LogP contribution is -2.46. The Bertz CT molecular complexity index is 1260. The second kappa shape index (κ2) is 7.28. The van der Waals surface area contributed by atoms with E-state index < -0.39 is 16.1 Å². The first kappa shape index (κ1) is 18.9. The number of rotatable bonds is 4. The Morgan fingerprint density at radius 3 is 2.87 bits per heavy atom. The monoisotopic (exact) mass is 422 g/mol. The van der Waals surface area contributed by atoms with Crippen LogP contribution in [0.3, 0.4) is 0 Å². The summed E-state index contributed by atoms with van der Waals surface area (Å²) in [5.74, 6) is 0.302. The molecule has 1 amide bonds. The summed E-state index contributed by atoms with van der Waals surface area (Å²) in [4.78, 5) is 18.2. The summed E-state index contributed by atoms with van der Waals surface area (Å²) >= 11 is 0. The zero-order valence-electron chi connectivity index (χ0n) is 16.3. The quantitative estimate of drug-likeness (QED) is 0.675. The van der Waals surface area contributed by atoms with E-state index >= 15 is 0 Å². The molecule has 8 heteroatoms. The number of amidine groups is 1. The minimum atomic E-state index is -3.70. The highest BCUT2D eigenvalue weighted by Gasteiger charge is 2.39. The number of aromatic nitrogens is 1. The molecule has 7 nitrogen and oxygen atoms in total. The SMILES string of the molecule is O=C(NCCc1c[nH]c2ccccc12)[C@@H]1CCCN1C1=NS(=O)(=O)c2ccccc21. The van der Waals surface area contributed by atoms with Crippen LogP contribution in [0.25, 0.3) is 10.9 Å². The van der Waals surface area contributed by atoms with E-state index in [1.165, 1.54) is 0 Å². The Morgan fingerprint density at radius 2 is 1.97 bits per heavy atom. The minimum absolute atomic E-state index is 0.0863. The molecule has 2 aromatic carbocycles. The van der Waals surface area contributed by atoms with E-state index in [4.69, 9.17) is 0 Å². The molecule has 1 fully saturated rings. The van der Waals surface area contributed by atoms with E-state index in [0.29, 0.717) is 30.9 Å². The van der Waals surface area contributed by atoms with Gasteiger partial charge in [0, 0.05) is 35.8 Å². The molecule has 1 atom stereocenters. The van der Waals surface area contributed by atoms with Gasteiger partial charge in [0.1, 0.15) is 10.9 Å². The zero-order chi connectivity index (χ0) is 20.7. The van der Waals surface area contributed by atoms with Crippen LogP contribution in [0, 0.1) is 0 Å². The summed E-state index contributed by atoms with van der Waals surface area (Å²) in [5.41, 5.74) is 2.82. The molecule has 0 aliphatic carbocycles. The van der Waals surface area contributed by atoms with Crippen molar-refractivity contribution in [1.29, 1.82) is 0 Å². The van der Waals surface area contributed by atoms with Crippen molar-refractivity contribution in [2.75, 3.05) is 13.1 Å². The maximum absolute atomic E-state index is 12.9. The van der Waals surface area contributed by atoms with Gasteiger partial charge in [-0.2, -0.15) is 8.42 Å². The maximum atomic E-state index is 12.9. The lowest BCUT2D eigenvalue weighted by atomic mass is 10.1. The van der Waals surface area contributed by atoms with Crippen molar-refractivity contribution in [3.05, 3.63) is 65.9 Å². The highest BCUT2D eigenvalue weighted by Crippen LogP contribution is 2.31. The smallest absolute Gasteiger partial charge is 0.285 e. The molecule has 2 aliphatic heterocycles. The number of hydrogen-bond acceptors (Lipinski definition) is 4. The standard InChI is InChI=1S/C22H22N4O3S/c27-22(23-12-11-15-14-24-18-8-3-1-6-16(15)18)19-9-5-13-26(19)21-17-7-2-4-10-20(17)30(28,29)25-21/h1-4,6-8,10,14,19,24H,5,9,11-13H2,(H,23,27)/t19-/m0/s1. The number of fused-ring (bicyclic) bond motifs is 2. The molecule has 3 heterocycles. The fourth-order valence-corrected chi connectivity index (χ4v) is 5.58. The topological polar surface area (TPSA) is 94.6 Å². The van der Waals surface area contributed by atoms with E-state index in [1.807, 2.05) is 29.3 Å². The van der Waals surface area contributed by atoms with Crippen molar-refractivity contribution in [2.24, 2.45) is 4.40 Å². The van der Waals surface area contributed by atoms with Gasteiger partial charge in [-0.25, -0.2) is 0 Å². The lowest BCUT2D eigenvalue weighted by Gasteiger charge is -2.25. The number of sulfonamides is 1. The number of likely N-dealkylation sites (tertiary alicyclic amines) is 1. The Kier molecular flexibility index (Phi) is 4.58. The predicted molar refractivity (Wildman–Crippen MR) is 115 cm³/mol. The molecule has 5 rings (SSSR count). The molecular weight excluding hydrogens is 400 g/mol. The maximum Gasteiger partial charge on any atom is 0.285 e. The third kappa shape index (κ3) is 3.17. The van der Waals surface area contributed by atoms with Crippen LogP contribution in [-0.2, 0) is 21.2 Å². The van der Waals surface area contributed by atoms with Crippen molar-refractivity contribution in [1.82, 2.24) is 15.2 Å². The molecule has 0 bridgehead atoms. The number of H-pyrrole nitrogens is 1. The highest BCUT2D eigenvalue weighted by molar-refractivity contribution is 7.90. The molecule has 1 aromatic heterocycles. The van der Waals surface area contributed by atoms with Crippen molar-refractivity contribution in [3.63, 3.8) is 0 Å². The molecule has 0 saturated carbocycles. The molecule has 1 saturated heterocycles. The van der Waals surface area contributed by atoms with Gasteiger partial charge < -0.3 is 15.2 Å². The highest BCUT2D eigenvalue weighted by atomic mass is 32.2. The van der Waals surface area contributed by atoms with E-state index in [-0.39, 0.29) is 10.8 Å². The number of hydrogen-bond donors (Lipinski definition) is 2. The van der Waals surface area contributed by atoms with Crippen LogP contribution in [-0.4, -0.2) is 49.2 Å². The number of carbonyl (C=O) groups excluding carboxylic acids is 1. The fourth-order valence-electron chi connectivity index (χ4n) is 4.37. The van der Waals surface area contributed by atoms with Gasteiger partial charge in [-0.15, -0.1) is 4.40 Å². The molecule has 0 radical (unpaired) electrons. The van der Waals surface area contributed by atoms with Crippen LogP contribution in [0.4, 0.5) is 0 Å². The summed E-state index contributed by atoms with van der Waals surface area (Å²) in [7, 11) is -3.70. The van der Waals surface area contributed by atoms with Gasteiger partial charge >= 0.3 is 0 Å². The van der Waals surface area contributed by atoms with Gasteiger partial charge in [-0.1, -0.05) is 30.3 Å². The van der Waals surface area contributed by atoms with Gasteiger partial charge in [0.25, 0.3) is 10.0 Å². The number of carbonyl (C=O) groups is 1. The average Bonchev–Trinajstić information content (AvgIpc) is 3.45. The molecule has 3 aromatic rings. The molecule has 154 valence electrons. The van der Waals surface area contributed by atoms with Crippen LogP contribution >= 0.6 is 0 Å². The number of nitrogens with zero attached hydrogens (tertiary/aromatic N) is 2. The largest absolute Gasteiger partial charge is 0.361 e. The molecule has 2 N–H and O–H groups in total. The summed E-state index contributed by atoms with van der Waals surface area (Å²) in [5, 5.41) is 4.19. The number of amides is 1. The van der Waals surface area contributed by atoms with Crippen molar-refractivity contribution in [2.45, 2.75) is 30.2 Å². The lowest BCUT2D eigenvalue weighted by molar-refractivity contribution is -0.124. The molecule has 2 aliphatic rings. The Morgan fingerprint density at radius 1 is 1.17 bits per heavy atom. The first-order valence-electron chi connectivity index (χ1n) is 10.1. The van der Waals surface area contributed by atoms with Gasteiger partial charge in [0.05, 0.1) is 0 Å². The van der Waals surface area contributed by atoms with Gasteiger partial charge in [0.2, 0.25) is 5.91 Å². The van der Waals surface area contributed by atoms with E-state index in [9.17, 15) is 13.2 Å². The van der Waals surface area contributed by atoms with Crippen LogP contribution in [0.1, 0.15) is 24.0 Å². The minimum Gasteiger partial charge on any atom is -0.361 e. The number of para-hydroxylation sites is 1. The second-order valence-electron chi connectivity index (χ2n) is 7.64. The third-order valence-corrected chi connectivity index (χ3v) is 7.13. The van der Waals surface area contributed by atoms with E-state index in [0.717, 1.165) is 29.3 Å². The summed E-state index contributed by atoms with van der Waals surface area (Å²) in [6.07, 6.45) is 4.20. The second-order valence-corrected chi connectivity index (χ2v) is 9.21. The molecular formula is C22H22N4O3S. The van der Waals surface area contributed by atoms with Crippen LogP contribution in [0.2, 0.25) is 0 Å². The van der Waals surface area contributed by atoms with Crippen molar-refractivity contribution < 1.29 is 13.2 Å². The summed E-state index contributed by atoms with van der Waals surface area (Å²) < 4.78 is 28.8. The van der Waals surface area contributed by atoms with Crippen molar-refractivity contribution in [3.8, 4) is 0 Å². The first-order valence-corrected chi connectivity index (χ1v) is 11.5. The fraction of sp³-hybridized carbons (Fsp3) is 0.273. The zero-order valence-corrected chi connectivity index (χ0v) is 17.2. The Labute approximate surface area is 174 Å².